The third-order valence-electron chi connectivity index (χ3n) is 15.4. The van der Waals surface area contributed by atoms with Crippen LogP contribution in [0.5, 0.6) is 0 Å². The van der Waals surface area contributed by atoms with Gasteiger partial charge in [-0.25, -0.2) is 28.8 Å². The zero-order valence-electron chi connectivity index (χ0n) is 50.8. The first-order chi connectivity index (χ1) is 43.9. The van der Waals surface area contributed by atoms with E-state index in [9.17, 15) is 39.0 Å². The molecule has 2 saturated heterocycles. The highest BCUT2D eigenvalue weighted by Gasteiger charge is 2.31. The number of ether oxygens (including phenoxy) is 6. The van der Waals surface area contributed by atoms with E-state index in [1.165, 1.54) is 29.4 Å². The van der Waals surface area contributed by atoms with Crippen LogP contribution in [-0.4, -0.2) is 216 Å². The number of nitrogens with zero attached hydrogens (tertiary/aromatic N) is 8. The summed E-state index contributed by atoms with van der Waals surface area (Å²) in [7, 11) is 0. The van der Waals surface area contributed by atoms with Crippen molar-refractivity contribution in [2.75, 3.05) is 118 Å². The number of carbonyl (C=O) groups excluding carboxylic acids is 6. The number of carbonyl (C=O) groups is 6. The van der Waals surface area contributed by atoms with Crippen molar-refractivity contribution in [3.8, 4) is 0 Å². The number of benzene rings is 6. The molecule has 8 rings (SSSR count). The summed E-state index contributed by atoms with van der Waals surface area (Å²) in [5.41, 5.74) is 4.66. The maximum Gasteiger partial charge on any atom is 0.410 e. The summed E-state index contributed by atoms with van der Waals surface area (Å²) in [4.78, 5) is 96.5. The molecule has 2 aliphatic heterocycles. The molecular weight excluding hydrogens is 1150 g/mol. The summed E-state index contributed by atoms with van der Waals surface area (Å²) in [5.74, 6) is 0. The monoisotopic (exact) mass is 1230 g/mol. The molecule has 2 unspecified atom stereocenters. The van der Waals surface area contributed by atoms with Crippen LogP contribution in [0.2, 0.25) is 0 Å². The lowest BCUT2D eigenvalue weighted by atomic mass is 10.1. The van der Waals surface area contributed by atoms with Gasteiger partial charge in [0.25, 0.3) is 0 Å². The summed E-state index contributed by atoms with van der Waals surface area (Å²) >= 11 is 0. The molecule has 22 nitrogen and oxygen atoms in total. The van der Waals surface area contributed by atoms with E-state index in [0.29, 0.717) is 0 Å². The number of β-amino-alcohol motifs (C(OH)–C–C–N with tert-alkyl or cyclic N) is 2. The lowest BCUT2D eigenvalue weighted by Gasteiger charge is -2.36. The van der Waals surface area contributed by atoms with Gasteiger partial charge in [-0.3, -0.25) is 9.80 Å². The topological polar surface area (TPSA) is 224 Å². The Morgan fingerprint density at radius 3 is 0.556 bits per heavy atom. The van der Waals surface area contributed by atoms with Gasteiger partial charge in [0.05, 0.1) is 12.2 Å². The van der Waals surface area contributed by atoms with Crippen molar-refractivity contribution >= 4 is 36.6 Å². The molecule has 0 bridgehead atoms. The van der Waals surface area contributed by atoms with Crippen LogP contribution in [0.3, 0.4) is 0 Å². The summed E-state index contributed by atoms with van der Waals surface area (Å²) in [6, 6.07) is 55.4. The van der Waals surface area contributed by atoms with Crippen LogP contribution >= 0.6 is 0 Å². The molecule has 2 fully saturated rings. The van der Waals surface area contributed by atoms with Crippen LogP contribution in [-0.2, 0) is 68.1 Å². The summed E-state index contributed by atoms with van der Waals surface area (Å²) < 4.78 is 34.9. The standard InChI is InChI=1S/C68H82N8O14/c77-61(47-69-31-35-71(63(79)85-49-55-19-7-1-8-20-55)39-43-75(67(83)89-53-59-27-15-5-16-28-59)44-40-72(36-32-69)64(80)86-50-56-21-9-2-10-22-56)62(78)48-70-33-37-73(65(81)87-51-57-23-11-3-12-24-57)41-45-76(68(84)90-54-60-29-17-6-18-30-60)46-42-74(38-34-70)66(82)88-52-58-25-13-4-14-26-58/h1-30,61-62,77-78H,31-54H2. The average Bonchev–Trinajstić information content (AvgIpc) is 3.63. The Morgan fingerprint density at radius 1 is 0.256 bits per heavy atom. The largest absolute Gasteiger partial charge is 0.445 e. The SMILES string of the molecule is O=C(OCc1ccccc1)N1CCN(CC(O)C(O)CN2CCN(C(=O)OCc3ccccc3)CCN(C(=O)OCc3ccccc3)CCN(C(=O)OCc3ccccc3)CC2)CCN(C(=O)OCc2ccccc2)CCN(C(=O)OCc2ccccc2)CC1. The number of amides is 6. The molecule has 0 aliphatic carbocycles. The molecule has 0 aromatic heterocycles. The molecule has 6 aromatic rings. The number of aliphatic hydroxyl groups is 2. The van der Waals surface area contributed by atoms with E-state index < -0.39 is 48.8 Å². The molecule has 2 aliphatic rings. The van der Waals surface area contributed by atoms with E-state index in [0.717, 1.165) is 33.4 Å². The van der Waals surface area contributed by atoms with Gasteiger partial charge in [0, 0.05) is 118 Å². The van der Waals surface area contributed by atoms with E-state index in [2.05, 4.69) is 0 Å². The zero-order chi connectivity index (χ0) is 63.1. The fraction of sp³-hybridized carbons (Fsp3) is 0.382. The van der Waals surface area contributed by atoms with Crippen LogP contribution in [0.1, 0.15) is 33.4 Å². The molecule has 0 saturated carbocycles. The molecule has 6 amide bonds. The van der Waals surface area contributed by atoms with E-state index in [1.807, 2.05) is 192 Å². The maximum absolute atomic E-state index is 14.1. The van der Waals surface area contributed by atoms with Crippen LogP contribution in [0, 0.1) is 0 Å². The van der Waals surface area contributed by atoms with Gasteiger partial charge in [-0.05, 0) is 33.4 Å². The first-order valence-electron chi connectivity index (χ1n) is 30.5. The van der Waals surface area contributed by atoms with Crippen LogP contribution in [0.15, 0.2) is 182 Å². The minimum atomic E-state index is -1.42. The predicted molar refractivity (Wildman–Crippen MR) is 334 cm³/mol. The highest BCUT2D eigenvalue weighted by molar-refractivity contribution is 5.71. The van der Waals surface area contributed by atoms with Crippen molar-refractivity contribution in [3.05, 3.63) is 215 Å². The van der Waals surface area contributed by atoms with Crippen molar-refractivity contribution in [1.29, 1.82) is 0 Å². The summed E-state index contributed by atoms with van der Waals surface area (Å²) in [6.45, 7) is 0.628. The van der Waals surface area contributed by atoms with Crippen molar-refractivity contribution in [2.24, 2.45) is 0 Å². The van der Waals surface area contributed by atoms with Gasteiger partial charge in [-0.15, -0.1) is 0 Å². The molecule has 2 N–H and O–H groups in total. The normalized spacial score (nSPS) is 15.9. The molecule has 0 spiro atoms. The van der Waals surface area contributed by atoms with Crippen molar-refractivity contribution in [3.63, 3.8) is 0 Å². The van der Waals surface area contributed by atoms with Gasteiger partial charge in [-0.1, -0.05) is 182 Å². The molecule has 478 valence electrons. The molecule has 2 heterocycles. The fourth-order valence-corrected chi connectivity index (χ4v) is 10.0. The lowest BCUT2D eigenvalue weighted by molar-refractivity contribution is -0.0243. The van der Waals surface area contributed by atoms with Crippen molar-refractivity contribution < 1.29 is 67.4 Å². The van der Waals surface area contributed by atoms with Gasteiger partial charge < -0.3 is 68.0 Å². The Labute approximate surface area is 526 Å². The van der Waals surface area contributed by atoms with Gasteiger partial charge in [0.2, 0.25) is 0 Å². The Hall–Kier alpha value is -9.22. The van der Waals surface area contributed by atoms with Gasteiger partial charge in [0.1, 0.15) is 39.6 Å². The smallest absolute Gasteiger partial charge is 0.410 e. The number of rotatable bonds is 17. The number of hydrogen-bond acceptors (Lipinski definition) is 16. The lowest BCUT2D eigenvalue weighted by Crippen LogP contribution is -2.53. The Kier molecular flexibility index (Phi) is 26.9. The molecule has 90 heavy (non-hydrogen) atoms. The molecule has 0 radical (unpaired) electrons. The van der Waals surface area contributed by atoms with Crippen LogP contribution in [0.25, 0.3) is 0 Å². The van der Waals surface area contributed by atoms with Gasteiger partial charge in [0.15, 0.2) is 0 Å². The highest BCUT2D eigenvalue weighted by atomic mass is 16.6. The third kappa shape index (κ3) is 22.7. The molecular formula is C68H82N8O14. The summed E-state index contributed by atoms with van der Waals surface area (Å²) in [6.07, 6.45) is -6.66. The quantitative estimate of drug-likeness (QED) is 0.0822. The Morgan fingerprint density at radius 2 is 0.400 bits per heavy atom. The maximum atomic E-state index is 14.1. The minimum absolute atomic E-state index is 0.00169. The third-order valence-corrected chi connectivity index (χ3v) is 15.4. The molecule has 22 heteroatoms. The minimum Gasteiger partial charge on any atom is -0.445 e. The van der Waals surface area contributed by atoms with Crippen LogP contribution < -0.4 is 0 Å². The van der Waals surface area contributed by atoms with Crippen LogP contribution in [0.4, 0.5) is 28.8 Å². The number of aliphatic hydroxyl groups excluding tert-OH is 2. The Bertz CT molecular complexity index is 2760. The molecule has 6 aromatic carbocycles. The fourth-order valence-electron chi connectivity index (χ4n) is 10.0. The average molecular weight is 1240 g/mol. The van der Waals surface area contributed by atoms with Crippen molar-refractivity contribution in [1.82, 2.24) is 39.2 Å². The highest BCUT2D eigenvalue weighted by Crippen LogP contribution is 2.15. The second-order valence-corrected chi connectivity index (χ2v) is 21.9. The zero-order valence-corrected chi connectivity index (χ0v) is 50.8. The second-order valence-electron chi connectivity index (χ2n) is 21.9. The van der Waals surface area contributed by atoms with Gasteiger partial charge in [-0.2, -0.15) is 0 Å². The summed E-state index contributed by atoms with van der Waals surface area (Å²) in [5, 5.41) is 24.3. The first kappa shape index (κ1) is 66.7. The predicted octanol–water partition coefficient (Wildman–Crippen LogP) is 8.17. The Balaban J connectivity index is 1.00. The number of hydrogen-bond donors (Lipinski definition) is 2. The van der Waals surface area contributed by atoms with E-state index in [4.69, 9.17) is 28.4 Å². The first-order valence-corrected chi connectivity index (χ1v) is 30.5. The van der Waals surface area contributed by atoms with E-state index in [1.54, 1.807) is 0 Å². The second kappa shape index (κ2) is 36.3. The van der Waals surface area contributed by atoms with Gasteiger partial charge >= 0.3 is 36.6 Å². The molecule has 2 atom stereocenters. The van der Waals surface area contributed by atoms with Crippen molar-refractivity contribution in [2.45, 2.75) is 51.8 Å². The van der Waals surface area contributed by atoms with E-state index >= 15 is 0 Å². The van der Waals surface area contributed by atoms with E-state index in [-0.39, 0.29) is 157 Å².